The third kappa shape index (κ3) is 1.65. The van der Waals surface area contributed by atoms with Gasteiger partial charge in [-0.3, -0.25) is 4.79 Å². The lowest BCUT2D eigenvalue weighted by Crippen LogP contribution is -2.36. The van der Waals surface area contributed by atoms with Gasteiger partial charge in [0.2, 0.25) is 0 Å². The molecule has 2 heteroatoms. The molecule has 1 aromatic rings. The van der Waals surface area contributed by atoms with Gasteiger partial charge in [-0.1, -0.05) is 19.9 Å². The normalized spacial score (nSPS) is 20.1. The number of thioether (sulfide) groups is 1. The van der Waals surface area contributed by atoms with E-state index in [0.717, 1.165) is 11.1 Å². The summed E-state index contributed by atoms with van der Waals surface area (Å²) in [6, 6.07) is 4.08. The Bertz CT molecular complexity index is 498. The minimum Gasteiger partial charge on any atom is -0.295 e. The number of Topliss-reactive ketones (excluding diaryl/α,β-unsaturated/α-hetero) is 1. The molecule has 0 fully saturated rings. The second kappa shape index (κ2) is 3.61. The van der Waals surface area contributed by atoms with E-state index in [1.165, 1.54) is 10.5 Å². The predicted molar refractivity (Wildman–Crippen MR) is 74.1 cm³/mol. The number of hydrogen-bond donors (Lipinski definition) is 0. The quantitative estimate of drug-likeness (QED) is 0.687. The number of carbonyl (C=O) groups excluding carboxylic acids is 1. The summed E-state index contributed by atoms with van der Waals surface area (Å²) in [5.41, 5.74) is 3.50. The maximum atomic E-state index is 11.6. The second-order valence-corrected chi connectivity index (χ2v) is 7.57. The van der Waals surface area contributed by atoms with Crippen molar-refractivity contribution in [3.8, 4) is 0 Å². The molecule has 17 heavy (non-hydrogen) atoms. The summed E-state index contributed by atoms with van der Waals surface area (Å²) in [5.74, 6) is 0.163. The van der Waals surface area contributed by atoms with E-state index >= 15 is 0 Å². The summed E-state index contributed by atoms with van der Waals surface area (Å²) < 4.78 is 0.176. The van der Waals surface area contributed by atoms with Crippen LogP contribution in [0.15, 0.2) is 17.0 Å². The Hall–Kier alpha value is -0.760. The Balaban J connectivity index is 2.71. The van der Waals surface area contributed by atoms with E-state index in [-0.39, 0.29) is 15.9 Å². The van der Waals surface area contributed by atoms with Gasteiger partial charge in [0.15, 0.2) is 5.78 Å². The SMILES string of the molecule is CC(=O)c1ccc2c(c1C)C(C)(C)C(C)(C)S2. The molecule has 0 spiro atoms. The molecule has 0 atom stereocenters. The van der Waals surface area contributed by atoms with Crippen LogP contribution in [0, 0.1) is 6.92 Å². The molecule has 0 aromatic heterocycles. The van der Waals surface area contributed by atoms with Gasteiger partial charge < -0.3 is 0 Å². The smallest absolute Gasteiger partial charge is 0.160 e. The first kappa shape index (κ1) is 12.7. The van der Waals surface area contributed by atoms with Crippen LogP contribution < -0.4 is 0 Å². The molecule has 0 unspecified atom stereocenters. The van der Waals surface area contributed by atoms with Crippen molar-refractivity contribution >= 4 is 17.5 Å². The topological polar surface area (TPSA) is 17.1 Å². The third-order valence-electron chi connectivity index (χ3n) is 4.30. The lowest BCUT2D eigenvalue weighted by atomic mass is 9.72. The van der Waals surface area contributed by atoms with Crippen molar-refractivity contribution in [3.05, 3.63) is 28.8 Å². The molecule has 1 aliphatic rings. The Morgan fingerprint density at radius 3 is 2.29 bits per heavy atom. The second-order valence-electron chi connectivity index (χ2n) is 5.90. The summed E-state index contributed by atoms with van der Waals surface area (Å²) in [6.07, 6.45) is 0. The molecule has 0 aliphatic carbocycles. The number of benzene rings is 1. The molecular weight excluding hydrogens is 228 g/mol. The monoisotopic (exact) mass is 248 g/mol. The predicted octanol–water partition coefficient (Wildman–Crippen LogP) is 4.36. The molecule has 0 saturated heterocycles. The van der Waals surface area contributed by atoms with Gasteiger partial charge in [0, 0.05) is 20.6 Å². The molecule has 1 aliphatic heterocycles. The van der Waals surface area contributed by atoms with Gasteiger partial charge in [0.05, 0.1) is 0 Å². The highest BCUT2D eigenvalue weighted by Crippen LogP contribution is 2.57. The minimum atomic E-state index is 0.0997. The van der Waals surface area contributed by atoms with Crippen molar-refractivity contribution in [3.63, 3.8) is 0 Å². The van der Waals surface area contributed by atoms with E-state index in [1.807, 2.05) is 17.8 Å². The van der Waals surface area contributed by atoms with Crippen molar-refractivity contribution in [1.82, 2.24) is 0 Å². The van der Waals surface area contributed by atoms with Crippen LogP contribution in [0.4, 0.5) is 0 Å². The van der Waals surface area contributed by atoms with Crippen LogP contribution in [0.3, 0.4) is 0 Å². The lowest BCUT2D eigenvalue weighted by Gasteiger charge is -2.35. The van der Waals surface area contributed by atoms with Gasteiger partial charge in [-0.25, -0.2) is 0 Å². The molecule has 1 nitrogen and oxygen atoms in total. The van der Waals surface area contributed by atoms with Crippen molar-refractivity contribution < 1.29 is 4.79 Å². The Morgan fingerprint density at radius 1 is 1.18 bits per heavy atom. The maximum absolute atomic E-state index is 11.6. The molecule has 0 bridgehead atoms. The van der Waals surface area contributed by atoms with Gasteiger partial charge in [-0.2, -0.15) is 0 Å². The maximum Gasteiger partial charge on any atom is 0.160 e. The van der Waals surface area contributed by atoms with Crippen LogP contribution in [-0.2, 0) is 5.41 Å². The van der Waals surface area contributed by atoms with Crippen LogP contribution in [0.5, 0.6) is 0 Å². The van der Waals surface area contributed by atoms with E-state index < -0.39 is 0 Å². The summed E-state index contributed by atoms with van der Waals surface area (Å²) >= 11 is 1.92. The summed E-state index contributed by atoms with van der Waals surface area (Å²) in [7, 11) is 0. The highest BCUT2D eigenvalue weighted by atomic mass is 32.2. The molecule has 2 rings (SSSR count). The van der Waals surface area contributed by atoms with Crippen LogP contribution in [-0.4, -0.2) is 10.5 Å². The van der Waals surface area contributed by atoms with Crippen LogP contribution in [0.25, 0.3) is 0 Å². The first-order chi connectivity index (χ1) is 7.68. The van der Waals surface area contributed by atoms with Crippen LogP contribution in [0.2, 0.25) is 0 Å². The van der Waals surface area contributed by atoms with Crippen molar-refractivity contribution in [2.75, 3.05) is 0 Å². The van der Waals surface area contributed by atoms with Crippen LogP contribution >= 0.6 is 11.8 Å². The standard InChI is InChI=1S/C15H20OS/c1-9-11(10(2)16)7-8-12-13(9)14(3,4)15(5,6)17-12/h7-8H,1-6H3. The first-order valence-corrected chi connectivity index (χ1v) is 6.84. The van der Waals surface area contributed by atoms with Gasteiger partial charge in [0.1, 0.15) is 0 Å². The number of carbonyl (C=O) groups is 1. The molecule has 0 amide bonds. The van der Waals surface area contributed by atoms with Gasteiger partial charge >= 0.3 is 0 Å². The fourth-order valence-corrected chi connectivity index (χ4v) is 4.19. The highest BCUT2D eigenvalue weighted by molar-refractivity contribution is 8.01. The average molecular weight is 248 g/mol. The van der Waals surface area contributed by atoms with E-state index in [1.54, 1.807) is 6.92 Å². The summed E-state index contributed by atoms with van der Waals surface area (Å²) in [5, 5.41) is 0. The summed E-state index contributed by atoms with van der Waals surface area (Å²) in [4.78, 5) is 13.0. The average Bonchev–Trinajstić information content (AvgIpc) is 2.33. The summed E-state index contributed by atoms with van der Waals surface area (Å²) in [6.45, 7) is 12.9. The Labute approximate surface area is 108 Å². The zero-order valence-electron chi connectivity index (χ0n) is 11.5. The van der Waals surface area contributed by atoms with Gasteiger partial charge in [-0.15, -0.1) is 11.8 Å². The van der Waals surface area contributed by atoms with Crippen molar-refractivity contribution in [2.24, 2.45) is 0 Å². The fraction of sp³-hybridized carbons (Fsp3) is 0.533. The van der Waals surface area contributed by atoms with Crippen molar-refractivity contribution in [2.45, 2.75) is 56.6 Å². The zero-order chi connectivity index (χ0) is 13.0. The molecule has 0 radical (unpaired) electrons. The van der Waals surface area contributed by atoms with Crippen LogP contribution in [0.1, 0.15) is 56.1 Å². The van der Waals surface area contributed by atoms with E-state index in [4.69, 9.17) is 0 Å². The molecule has 0 saturated carbocycles. The largest absolute Gasteiger partial charge is 0.295 e. The van der Waals surface area contributed by atoms with Crippen molar-refractivity contribution in [1.29, 1.82) is 0 Å². The number of ketones is 1. The Kier molecular flexibility index (Phi) is 2.70. The lowest BCUT2D eigenvalue weighted by molar-refractivity contribution is 0.101. The van der Waals surface area contributed by atoms with E-state index in [9.17, 15) is 4.79 Å². The number of fused-ring (bicyclic) bond motifs is 1. The molecule has 1 aromatic carbocycles. The molecule has 1 heterocycles. The minimum absolute atomic E-state index is 0.0997. The zero-order valence-corrected chi connectivity index (χ0v) is 12.3. The number of rotatable bonds is 1. The number of hydrogen-bond acceptors (Lipinski definition) is 2. The molecule has 92 valence electrons. The third-order valence-corrected chi connectivity index (χ3v) is 5.88. The molecular formula is C15H20OS. The fourth-order valence-electron chi connectivity index (χ4n) is 2.63. The van der Waals surface area contributed by atoms with E-state index in [2.05, 4.69) is 40.7 Å². The van der Waals surface area contributed by atoms with Gasteiger partial charge in [-0.05, 0) is 44.9 Å². The van der Waals surface area contributed by atoms with E-state index in [0.29, 0.717) is 0 Å². The highest BCUT2D eigenvalue weighted by Gasteiger charge is 2.47. The first-order valence-electron chi connectivity index (χ1n) is 6.02. The molecule has 0 N–H and O–H groups in total. The van der Waals surface area contributed by atoms with Gasteiger partial charge in [0.25, 0.3) is 0 Å². The Morgan fingerprint density at radius 2 is 1.76 bits per heavy atom.